The molecule has 2 aliphatic carbocycles. The third kappa shape index (κ3) is 7.20. The van der Waals surface area contributed by atoms with Gasteiger partial charge in [0.1, 0.15) is 0 Å². The predicted molar refractivity (Wildman–Crippen MR) is 191 cm³/mol. The molecule has 0 radical (unpaired) electrons. The standard InChI is InChI=1S/2C22H27.Zr/c2*1-14-10-18(22(5,6)7)13-16-11-15-12-17(21(2,3)4)8-9-19(15)20(14)16;/h2*8-10,12H,11H2,1-7H3;/q2*-1;+2. The van der Waals surface area contributed by atoms with Gasteiger partial charge in [-0.3, -0.25) is 0 Å². The van der Waals surface area contributed by atoms with Gasteiger partial charge >= 0.3 is 26.2 Å². The SMILES string of the molecule is Cc1cc(C(C)(C)C)[c-]c2c1-c1ccc(C(C)(C)C)cc1C2.Cc1cc(C(C)(C)C)[c-]c2c1-c1ccc(C(C)(C)C)cc1C2.[Zr+2]. The fraction of sp³-hybridized carbons (Fsp3) is 0.455. The first-order chi connectivity index (χ1) is 20.1. The Bertz CT molecular complexity index is 1610. The average Bonchev–Trinajstić information content (AvgIpc) is 3.44. The van der Waals surface area contributed by atoms with Crippen LogP contribution in [0.2, 0.25) is 0 Å². The Morgan fingerprint density at radius 3 is 1.09 bits per heavy atom. The van der Waals surface area contributed by atoms with Gasteiger partial charge in [0.15, 0.2) is 0 Å². The number of hydrogen-bond donors (Lipinski definition) is 0. The van der Waals surface area contributed by atoms with Gasteiger partial charge in [0.25, 0.3) is 0 Å². The number of hydrogen-bond acceptors (Lipinski definition) is 0. The van der Waals surface area contributed by atoms with E-state index in [2.05, 4.69) is 158 Å². The van der Waals surface area contributed by atoms with Crippen molar-refractivity contribution < 1.29 is 26.2 Å². The van der Waals surface area contributed by atoms with Gasteiger partial charge in [-0.1, -0.05) is 144 Å². The molecule has 0 amide bonds. The van der Waals surface area contributed by atoms with Crippen molar-refractivity contribution in [1.82, 2.24) is 0 Å². The molecule has 0 N–H and O–H groups in total. The monoisotopic (exact) mass is 672 g/mol. The Morgan fingerprint density at radius 1 is 0.467 bits per heavy atom. The predicted octanol–water partition coefficient (Wildman–Crippen LogP) is 11.9. The Hall–Kier alpha value is -2.24. The van der Waals surface area contributed by atoms with Crippen molar-refractivity contribution in [1.29, 1.82) is 0 Å². The molecule has 0 atom stereocenters. The van der Waals surface area contributed by atoms with Crippen molar-refractivity contribution in [3.05, 3.63) is 116 Å². The molecule has 4 aromatic carbocycles. The van der Waals surface area contributed by atoms with E-state index in [1.165, 1.54) is 77.9 Å². The molecule has 0 aliphatic heterocycles. The number of fused-ring (bicyclic) bond motifs is 6. The van der Waals surface area contributed by atoms with E-state index in [1.807, 2.05) is 0 Å². The molecule has 45 heavy (non-hydrogen) atoms. The second-order valence-corrected chi connectivity index (χ2v) is 17.5. The van der Waals surface area contributed by atoms with E-state index in [0.29, 0.717) is 0 Å². The Kier molecular flexibility index (Phi) is 9.57. The summed E-state index contributed by atoms with van der Waals surface area (Å²) in [5.41, 5.74) is 20.4. The molecular weight excluding hydrogens is 620 g/mol. The van der Waals surface area contributed by atoms with Crippen molar-refractivity contribution in [3.8, 4) is 22.3 Å². The zero-order valence-corrected chi connectivity index (χ0v) is 33.0. The first kappa shape index (κ1) is 35.6. The van der Waals surface area contributed by atoms with Crippen LogP contribution in [0.4, 0.5) is 0 Å². The van der Waals surface area contributed by atoms with E-state index in [4.69, 9.17) is 0 Å². The molecule has 0 saturated heterocycles. The molecule has 6 rings (SSSR count). The Morgan fingerprint density at radius 2 is 0.800 bits per heavy atom. The van der Waals surface area contributed by atoms with E-state index in [1.54, 1.807) is 0 Å². The third-order valence-corrected chi connectivity index (χ3v) is 9.52. The van der Waals surface area contributed by atoms with Crippen LogP contribution in [0.25, 0.3) is 22.3 Å². The van der Waals surface area contributed by atoms with Crippen LogP contribution in [0, 0.1) is 26.0 Å². The van der Waals surface area contributed by atoms with Gasteiger partial charge in [-0.05, 0) is 56.8 Å². The molecule has 0 aromatic heterocycles. The summed E-state index contributed by atoms with van der Waals surface area (Å²) < 4.78 is 0. The second-order valence-electron chi connectivity index (χ2n) is 17.5. The van der Waals surface area contributed by atoms with Crippen molar-refractivity contribution >= 4 is 0 Å². The molecule has 0 nitrogen and oxygen atoms in total. The molecule has 0 bridgehead atoms. The molecule has 1 heteroatoms. The largest absolute Gasteiger partial charge is 2.00 e. The van der Waals surface area contributed by atoms with Crippen LogP contribution in [0.15, 0.2) is 48.5 Å². The van der Waals surface area contributed by atoms with Gasteiger partial charge in [-0.2, -0.15) is 46.5 Å². The van der Waals surface area contributed by atoms with Crippen LogP contribution in [0.5, 0.6) is 0 Å². The van der Waals surface area contributed by atoms with Gasteiger partial charge < -0.3 is 0 Å². The summed E-state index contributed by atoms with van der Waals surface area (Å²) in [6.07, 6.45) is 2.05. The van der Waals surface area contributed by atoms with Crippen molar-refractivity contribution in [3.63, 3.8) is 0 Å². The van der Waals surface area contributed by atoms with E-state index < -0.39 is 0 Å². The first-order valence-electron chi connectivity index (χ1n) is 16.5. The molecule has 0 saturated carbocycles. The summed E-state index contributed by atoms with van der Waals surface area (Å²) in [6, 6.07) is 26.1. The van der Waals surface area contributed by atoms with Crippen LogP contribution in [-0.2, 0) is 60.7 Å². The van der Waals surface area contributed by atoms with Crippen LogP contribution < -0.4 is 0 Å². The summed E-state index contributed by atoms with van der Waals surface area (Å²) >= 11 is 0. The van der Waals surface area contributed by atoms with Crippen molar-refractivity contribution in [2.75, 3.05) is 0 Å². The number of aryl methyl sites for hydroxylation is 2. The van der Waals surface area contributed by atoms with E-state index in [9.17, 15) is 0 Å². The summed E-state index contributed by atoms with van der Waals surface area (Å²) in [4.78, 5) is 0. The Balaban J connectivity index is 0.000000200. The van der Waals surface area contributed by atoms with Gasteiger partial charge in [-0.25, -0.2) is 0 Å². The molecule has 0 unspecified atom stereocenters. The zero-order valence-electron chi connectivity index (χ0n) is 30.5. The van der Waals surface area contributed by atoms with E-state index >= 15 is 0 Å². The second kappa shape index (κ2) is 12.1. The maximum Gasteiger partial charge on any atom is 2.00 e. The zero-order chi connectivity index (χ0) is 32.6. The fourth-order valence-electron chi connectivity index (χ4n) is 6.68. The van der Waals surface area contributed by atoms with Gasteiger partial charge in [0.2, 0.25) is 0 Å². The number of rotatable bonds is 0. The summed E-state index contributed by atoms with van der Waals surface area (Å²) in [5.74, 6) is 0. The summed E-state index contributed by atoms with van der Waals surface area (Å²) in [6.45, 7) is 31.8. The van der Waals surface area contributed by atoms with Gasteiger partial charge in [0.05, 0.1) is 0 Å². The van der Waals surface area contributed by atoms with Crippen LogP contribution in [0.3, 0.4) is 0 Å². The van der Waals surface area contributed by atoms with Crippen LogP contribution in [0.1, 0.15) is 139 Å². The molecule has 0 spiro atoms. The van der Waals surface area contributed by atoms with Crippen LogP contribution in [-0.4, -0.2) is 0 Å². The maximum absolute atomic E-state index is 3.71. The molecule has 0 heterocycles. The molecule has 2 aliphatic rings. The average molecular weight is 674 g/mol. The third-order valence-electron chi connectivity index (χ3n) is 9.52. The quantitative estimate of drug-likeness (QED) is 0.141. The Labute approximate surface area is 294 Å². The normalized spacial score (nSPS) is 13.6. The van der Waals surface area contributed by atoms with Crippen molar-refractivity contribution in [2.24, 2.45) is 0 Å². The molecule has 0 fully saturated rings. The molecule has 234 valence electrons. The van der Waals surface area contributed by atoms with E-state index in [-0.39, 0.29) is 47.9 Å². The van der Waals surface area contributed by atoms with Gasteiger partial charge in [-0.15, -0.1) is 22.3 Å². The van der Waals surface area contributed by atoms with Crippen molar-refractivity contribution in [2.45, 2.75) is 131 Å². The first-order valence-corrected chi connectivity index (χ1v) is 16.5. The molecular formula is C44H54Zr. The maximum atomic E-state index is 3.71. The topological polar surface area (TPSA) is 0 Å². The number of benzene rings is 4. The van der Waals surface area contributed by atoms with E-state index in [0.717, 1.165) is 12.8 Å². The smallest absolute Gasteiger partial charge is 0.175 e. The minimum absolute atomic E-state index is 0. The van der Waals surface area contributed by atoms with Crippen LogP contribution >= 0.6 is 0 Å². The van der Waals surface area contributed by atoms with Gasteiger partial charge in [0, 0.05) is 0 Å². The summed E-state index contributed by atoms with van der Waals surface area (Å²) in [5, 5.41) is 0. The minimum Gasteiger partial charge on any atom is -0.175 e. The minimum atomic E-state index is 0. The summed E-state index contributed by atoms with van der Waals surface area (Å²) in [7, 11) is 0. The molecule has 4 aromatic rings. The fourth-order valence-corrected chi connectivity index (χ4v) is 6.68.